The molecule has 0 unspecified atom stereocenters. The van der Waals surface area contributed by atoms with Gasteiger partial charge in [-0.05, 0) is 5.56 Å². The van der Waals surface area contributed by atoms with E-state index in [4.69, 9.17) is 4.52 Å². The number of aromatic nitrogens is 2. The van der Waals surface area contributed by atoms with Crippen molar-refractivity contribution in [1.29, 1.82) is 0 Å². The van der Waals surface area contributed by atoms with Crippen LogP contribution < -0.4 is 0 Å². The molecule has 2 aromatic carbocycles. The number of hydrogen-bond donors (Lipinski definition) is 0. The van der Waals surface area contributed by atoms with Crippen LogP contribution in [0.4, 0.5) is 0 Å². The van der Waals surface area contributed by atoms with E-state index in [1.807, 2.05) is 65.6 Å². The minimum absolute atomic E-state index is 0.0359. The zero-order valence-corrected chi connectivity index (χ0v) is 13.1. The summed E-state index contributed by atoms with van der Waals surface area (Å²) >= 11 is 0. The van der Waals surface area contributed by atoms with Crippen LogP contribution >= 0.6 is 0 Å². The molecule has 2 heterocycles. The van der Waals surface area contributed by atoms with Crippen molar-refractivity contribution in [1.82, 2.24) is 15.0 Å². The molecule has 1 amide bonds. The van der Waals surface area contributed by atoms with Gasteiger partial charge in [0.15, 0.2) is 0 Å². The van der Waals surface area contributed by atoms with E-state index >= 15 is 0 Å². The lowest BCUT2D eigenvalue weighted by Crippen LogP contribution is -2.24. The molecule has 1 saturated heterocycles. The Bertz CT molecular complexity index is 830. The highest BCUT2D eigenvalue weighted by Crippen LogP contribution is 2.29. The molecule has 0 spiro atoms. The molecule has 1 fully saturated rings. The largest absolute Gasteiger partial charge is 0.339 e. The lowest BCUT2D eigenvalue weighted by atomic mass is 10.1. The highest BCUT2D eigenvalue weighted by molar-refractivity contribution is 5.79. The molecule has 1 aromatic heterocycles. The molecule has 24 heavy (non-hydrogen) atoms. The van der Waals surface area contributed by atoms with Gasteiger partial charge in [-0.2, -0.15) is 4.98 Å². The van der Waals surface area contributed by atoms with E-state index in [1.165, 1.54) is 0 Å². The first-order chi connectivity index (χ1) is 11.8. The van der Waals surface area contributed by atoms with E-state index in [9.17, 15) is 4.79 Å². The van der Waals surface area contributed by atoms with Crippen LogP contribution in [0.25, 0.3) is 11.4 Å². The van der Waals surface area contributed by atoms with Crippen molar-refractivity contribution in [3.05, 3.63) is 72.1 Å². The Morgan fingerprint density at radius 3 is 2.50 bits per heavy atom. The van der Waals surface area contributed by atoms with Crippen molar-refractivity contribution < 1.29 is 9.32 Å². The van der Waals surface area contributed by atoms with Crippen molar-refractivity contribution in [3.63, 3.8) is 0 Å². The maximum absolute atomic E-state index is 12.3. The first-order valence-corrected chi connectivity index (χ1v) is 8.00. The van der Waals surface area contributed by atoms with Crippen LogP contribution in [-0.2, 0) is 11.3 Å². The summed E-state index contributed by atoms with van der Waals surface area (Å²) in [5, 5.41) is 4.05. The van der Waals surface area contributed by atoms with Crippen LogP contribution in [0.1, 0.15) is 23.8 Å². The second-order valence-corrected chi connectivity index (χ2v) is 5.98. The van der Waals surface area contributed by atoms with Gasteiger partial charge in [0, 0.05) is 25.1 Å². The van der Waals surface area contributed by atoms with Gasteiger partial charge in [0.1, 0.15) is 0 Å². The fourth-order valence-corrected chi connectivity index (χ4v) is 3.00. The van der Waals surface area contributed by atoms with Gasteiger partial charge in [-0.3, -0.25) is 4.79 Å². The number of benzene rings is 2. The number of carbonyl (C=O) groups excluding carboxylic acids is 1. The Labute approximate surface area is 139 Å². The molecule has 0 aliphatic carbocycles. The maximum atomic E-state index is 12.3. The number of amides is 1. The van der Waals surface area contributed by atoms with E-state index in [2.05, 4.69) is 10.1 Å². The molecule has 1 atom stereocenters. The van der Waals surface area contributed by atoms with Crippen molar-refractivity contribution in [2.45, 2.75) is 18.9 Å². The van der Waals surface area contributed by atoms with Gasteiger partial charge in [-0.15, -0.1) is 0 Å². The Balaban J connectivity index is 1.48. The summed E-state index contributed by atoms with van der Waals surface area (Å²) in [5.41, 5.74) is 2.04. The van der Waals surface area contributed by atoms with E-state index in [0.717, 1.165) is 11.1 Å². The second kappa shape index (κ2) is 6.28. The Morgan fingerprint density at radius 2 is 1.75 bits per heavy atom. The summed E-state index contributed by atoms with van der Waals surface area (Å²) < 4.78 is 5.41. The smallest absolute Gasteiger partial charge is 0.232 e. The summed E-state index contributed by atoms with van der Waals surface area (Å²) in [6.45, 7) is 1.24. The van der Waals surface area contributed by atoms with Gasteiger partial charge in [0.25, 0.3) is 0 Å². The molecule has 3 aromatic rings. The molecule has 1 aliphatic heterocycles. The molecular weight excluding hydrogens is 302 g/mol. The molecule has 0 N–H and O–H groups in total. The number of hydrogen-bond acceptors (Lipinski definition) is 4. The third-order valence-corrected chi connectivity index (χ3v) is 4.25. The van der Waals surface area contributed by atoms with Crippen molar-refractivity contribution in [2.24, 2.45) is 0 Å². The molecule has 1 aliphatic rings. The highest BCUT2D eigenvalue weighted by Gasteiger charge is 2.34. The molecule has 0 bridgehead atoms. The Morgan fingerprint density at radius 1 is 1.04 bits per heavy atom. The molecule has 120 valence electrons. The van der Waals surface area contributed by atoms with Gasteiger partial charge in [-0.1, -0.05) is 65.8 Å². The van der Waals surface area contributed by atoms with Crippen LogP contribution in [0.5, 0.6) is 0 Å². The van der Waals surface area contributed by atoms with Crippen LogP contribution in [0.2, 0.25) is 0 Å². The molecule has 0 radical (unpaired) electrons. The standard InChI is InChI=1S/C19H17N3O2/c23-17-11-16(13-22(17)12-14-7-3-1-4-8-14)19-20-18(21-24-19)15-9-5-2-6-10-15/h1-10,16H,11-13H2/t16-/m1/s1. The van der Waals surface area contributed by atoms with Crippen molar-refractivity contribution >= 4 is 5.91 Å². The summed E-state index contributed by atoms with van der Waals surface area (Å²) in [4.78, 5) is 18.6. The maximum Gasteiger partial charge on any atom is 0.232 e. The minimum atomic E-state index is -0.0359. The van der Waals surface area contributed by atoms with Crippen molar-refractivity contribution in [3.8, 4) is 11.4 Å². The van der Waals surface area contributed by atoms with Crippen LogP contribution in [0.3, 0.4) is 0 Å². The van der Waals surface area contributed by atoms with Crippen LogP contribution in [0, 0.1) is 0 Å². The SMILES string of the molecule is O=C1C[C@@H](c2nc(-c3ccccc3)no2)CN1Cc1ccccc1. The average Bonchev–Trinajstić information content (AvgIpc) is 3.24. The molecule has 5 nitrogen and oxygen atoms in total. The number of likely N-dealkylation sites (tertiary alicyclic amines) is 1. The second-order valence-electron chi connectivity index (χ2n) is 5.98. The van der Waals surface area contributed by atoms with Gasteiger partial charge < -0.3 is 9.42 Å². The fraction of sp³-hybridized carbons (Fsp3) is 0.211. The van der Waals surface area contributed by atoms with E-state index < -0.39 is 0 Å². The average molecular weight is 319 g/mol. The quantitative estimate of drug-likeness (QED) is 0.740. The zero-order chi connectivity index (χ0) is 16.4. The summed E-state index contributed by atoms with van der Waals surface area (Å²) in [6, 6.07) is 19.7. The summed E-state index contributed by atoms with van der Waals surface area (Å²) in [6.07, 6.45) is 0.420. The number of carbonyl (C=O) groups is 1. The lowest BCUT2D eigenvalue weighted by Gasteiger charge is -2.15. The summed E-state index contributed by atoms with van der Waals surface area (Å²) in [7, 11) is 0. The van der Waals surface area contributed by atoms with Gasteiger partial charge in [-0.25, -0.2) is 0 Å². The molecule has 4 rings (SSSR count). The third-order valence-electron chi connectivity index (χ3n) is 4.25. The zero-order valence-electron chi connectivity index (χ0n) is 13.1. The van der Waals surface area contributed by atoms with Gasteiger partial charge in [0.05, 0.1) is 5.92 Å². The Kier molecular flexibility index (Phi) is 3.83. The van der Waals surface area contributed by atoms with Gasteiger partial charge >= 0.3 is 0 Å². The van der Waals surface area contributed by atoms with E-state index in [0.29, 0.717) is 31.2 Å². The topological polar surface area (TPSA) is 59.2 Å². The predicted molar refractivity (Wildman–Crippen MR) is 89.0 cm³/mol. The molecular formula is C19H17N3O2. The molecule has 0 saturated carbocycles. The number of rotatable bonds is 4. The first-order valence-electron chi connectivity index (χ1n) is 8.00. The monoisotopic (exact) mass is 319 g/mol. The van der Waals surface area contributed by atoms with Crippen LogP contribution in [-0.4, -0.2) is 27.5 Å². The van der Waals surface area contributed by atoms with Crippen LogP contribution in [0.15, 0.2) is 65.2 Å². The highest BCUT2D eigenvalue weighted by atomic mass is 16.5. The van der Waals surface area contributed by atoms with Crippen molar-refractivity contribution in [2.75, 3.05) is 6.54 Å². The van der Waals surface area contributed by atoms with E-state index in [1.54, 1.807) is 0 Å². The molecule has 5 heteroatoms. The fourth-order valence-electron chi connectivity index (χ4n) is 3.00. The first kappa shape index (κ1) is 14.6. The lowest BCUT2D eigenvalue weighted by molar-refractivity contribution is -0.128. The normalized spacial score (nSPS) is 17.4. The summed E-state index contributed by atoms with van der Waals surface area (Å²) in [5.74, 6) is 1.20. The Hall–Kier alpha value is -2.95. The van der Waals surface area contributed by atoms with E-state index in [-0.39, 0.29) is 11.8 Å². The number of nitrogens with zero attached hydrogens (tertiary/aromatic N) is 3. The van der Waals surface area contributed by atoms with Gasteiger partial charge in [0.2, 0.25) is 17.6 Å². The minimum Gasteiger partial charge on any atom is -0.339 e. The predicted octanol–water partition coefficient (Wildman–Crippen LogP) is 3.25. The third kappa shape index (κ3) is 2.93.